The molecule has 2 heterocycles. The summed E-state index contributed by atoms with van der Waals surface area (Å²) in [6, 6.07) is 10.5. The van der Waals surface area contributed by atoms with E-state index in [-0.39, 0.29) is 23.5 Å². The first kappa shape index (κ1) is 22.3. The van der Waals surface area contributed by atoms with Crippen molar-refractivity contribution in [3.05, 3.63) is 75.1 Å². The largest absolute Gasteiger partial charge is 0.457 e. The van der Waals surface area contributed by atoms with Gasteiger partial charge >= 0.3 is 0 Å². The molecule has 33 heavy (non-hydrogen) atoms. The van der Waals surface area contributed by atoms with Crippen LogP contribution in [0.3, 0.4) is 0 Å². The lowest BCUT2D eigenvalue weighted by Gasteiger charge is -2.11. The Morgan fingerprint density at radius 3 is 2.73 bits per heavy atom. The number of hydrogen-bond donors (Lipinski definition) is 1. The second kappa shape index (κ2) is 9.29. The van der Waals surface area contributed by atoms with Crippen molar-refractivity contribution in [3.8, 4) is 11.5 Å². The summed E-state index contributed by atoms with van der Waals surface area (Å²) in [4.78, 5) is 28.9. The molecule has 1 atom stereocenters. The number of benzene rings is 2. The number of anilines is 1. The number of aromatic nitrogens is 2. The number of oxime groups is 1. The number of hydrogen-bond acceptors (Lipinski definition) is 7. The molecule has 0 fully saturated rings. The van der Waals surface area contributed by atoms with Crippen molar-refractivity contribution in [2.45, 2.75) is 32.9 Å². The first-order chi connectivity index (χ1) is 15.8. The lowest BCUT2D eigenvalue weighted by atomic mass is 10.1. The fraction of sp³-hybridized carbons (Fsp3) is 0.227. The maximum Gasteiger partial charge on any atom is 0.275 e. The third-order valence-electron chi connectivity index (χ3n) is 4.96. The predicted molar refractivity (Wildman–Crippen MR) is 122 cm³/mol. The minimum atomic E-state index is -0.871. The average Bonchev–Trinajstić information content (AvgIpc) is 3.41. The smallest absolute Gasteiger partial charge is 0.275 e. The lowest BCUT2D eigenvalue weighted by molar-refractivity contribution is -0.384. The van der Waals surface area contributed by atoms with Gasteiger partial charge in [0.15, 0.2) is 0 Å². The van der Waals surface area contributed by atoms with E-state index in [4.69, 9.17) is 21.2 Å². The van der Waals surface area contributed by atoms with E-state index < -0.39 is 16.9 Å². The molecule has 0 saturated heterocycles. The van der Waals surface area contributed by atoms with Crippen molar-refractivity contribution < 1.29 is 19.3 Å². The van der Waals surface area contributed by atoms with Crippen LogP contribution in [0.15, 0.2) is 53.8 Å². The van der Waals surface area contributed by atoms with Crippen LogP contribution in [0.2, 0.25) is 5.02 Å². The molecule has 1 aliphatic rings. The second-order valence-corrected chi connectivity index (χ2v) is 7.77. The molecule has 0 saturated carbocycles. The molecule has 1 aliphatic heterocycles. The highest BCUT2D eigenvalue weighted by Crippen LogP contribution is 2.31. The van der Waals surface area contributed by atoms with Gasteiger partial charge in [0.2, 0.25) is 6.10 Å². The van der Waals surface area contributed by atoms with Gasteiger partial charge in [-0.25, -0.2) is 0 Å². The summed E-state index contributed by atoms with van der Waals surface area (Å²) in [7, 11) is 0. The zero-order valence-corrected chi connectivity index (χ0v) is 18.6. The van der Waals surface area contributed by atoms with Crippen molar-refractivity contribution in [1.29, 1.82) is 0 Å². The number of halogens is 1. The molecule has 1 unspecified atom stereocenters. The van der Waals surface area contributed by atoms with Gasteiger partial charge in [0, 0.05) is 41.9 Å². The van der Waals surface area contributed by atoms with Crippen molar-refractivity contribution in [3.63, 3.8) is 0 Å². The molecule has 3 aromatic rings. The minimum absolute atomic E-state index is 0.189. The van der Waals surface area contributed by atoms with Crippen LogP contribution in [0.1, 0.15) is 24.6 Å². The first-order valence-electron chi connectivity index (χ1n) is 10.1. The number of ether oxygens (including phenoxy) is 1. The maximum atomic E-state index is 12.8. The number of rotatable bonds is 7. The Bertz CT molecular complexity index is 1240. The van der Waals surface area contributed by atoms with Crippen LogP contribution in [0.25, 0.3) is 0 Å². The molecule has 1 aromatic heterocycles. The average molecular weight is 470 g/mol. The molecule has 1 N–H and O–H groups in total. The highest BCUT2D eigenvalue weighted by atomic mass is 35.5. The van der Waals surface area contributed by atoms with Crippen molar-refractivity contribution in [2.24, 2.45) is 5.16 Å². The maximum absolute atomic E-state index is 12.8. The Morgan fingerprint density at radius 1 is 1.30 bits per heavy atom. The van der Waals surface area contributed by atoms with Gasteiger partial charge in [-0.15, -0.1) is 0 Å². The van der Waals surface area contributed by atoms with Gasteiger partial charge < -0.3 is 14.9 Å². The normalized spacial score (nSPS) is 15.0. The summed E-state index contributed by atoms with van der Waals surface area (Å²) < 4.78 is 7.48. The van der Waals surface area contributed by atoms with E-state index in [0.717, 1.165) is 11.3 Å². The summed E-state index contributed by atoms with van der Waals surface area (Å²) >= 11 is 5.87. The first-order valence-corrected chi connectivity index (χ1v) is 10.5. The fourth-order valence-electron chi connectivity index (χ4n) is 3.32. The van der Waals surface area contributed by atoms with E-state index in [1.807, 2.05) is 20.0 Å². The van der Waals surface area contributed by atoms with Crippen LogP contribution in [-0.4, -0.2) is 32.4 Å². The Balaban J connectivity index is 1.48. The van der Waals surface area contributed by atoms with Crippen LogP contribution in [-0.2, 0) is 16.2 Å². The molecule has 0 spiro atoms. The molecule has 11 heteroatoms. The highest BCUT2D eigenvalue weighted by molar-refractivity contribution is 6.30. The van der Waals surface area contributed by atoms with Crippen molar-refractivity contribution in [2.75, 3.05) is 5.32 Å². The van der Waals surface area contributed by atoms with Crippen molar-refractivity contribution in [1.82, 2.24) is 9.78 Å². The van der Waals surface area contributed by atoms with Crippen LogP contribution in [0.5, 0.6) is 11.5 Å². The van der Waals surface area contributed by atoms with Gasteiger partial charge in [0.05, 0.1) is 28.1 Å². The number of non-ortho nitro benzene ring substituents is 1. The van der Waals surface area contributed by atoms with E-state index in [1.54, 1.807) is 28.9 Å². The fourth-order valence-corrected chi connectivity index (χ4v) is 3.45. The molecule has 1 amide bonds. The summed E-state index contributed by atoms with van der Waals surface area (Å²) in [6.45, 7) is 4.55. The van der Waals surface area contributed by atoms with Gasteiger partial charge in [0.1, 0.15) is 11.5 Å². The molecule has 0 radical (unpaired) electrons. The molecule has 2 aromatic carbocycles. The number of carbonyl (C=O) groups is 1. The molecular formula is C22H20ClN5O5. The molecule has 0 aliphatic carbocycles. The highest BCUT2D eigenvalue weighted by Gasteiger charge is 2.31. The molecule has 4 rings (SSSR count). The van der Waals surface area contributed by atoms with Gasteiger partial charge in [-0.2, -0.15) is 5.10 Å². The van der Waals surface area contributed by atoms with Gasteiger partial charge in [0.25, 0.3) is 11.6 Å². The van der Waals surface area contributed by atoms with Crippen LogP contribution in [0.4, 0.5) is 11.4 Å². The van der Waals surface area contributed by atoms with E-state index in [1.165, 1.54) is 18.2 Å². The SMILES string of the molecule is CCn1cc(C2=NOC(C(=O)Nc3cc(Oc4ccc(Cl)cc4)cc([N+](=O)[O-])c3)C2)c(C)n1. The van der Waals surface area contributed by atoms with Gasteiger partial charge in [-0.05, 0) is 38.1 Å². The Labute approximate surface area is 193 Å². The Kier molecular flexibility index (Phi) is 6.27. The van der Waals surface area contributed by atoms with E-state index in [9.17, 15) is 14.9 Å². The van der Waals surface area contributed by atoms with Gasteiger partial charge in [-0.1, -0.05) is 16.8 Å². The minimum Gasteiger partial charge on any atom is -0.457 e. The molecular weight excluding hydrogens is 450 g/mol. The number of nitrogens with zero attached hydrogens (tertiary/aromatic N) is 4. The number of carbonyl (C=O) groups excluding carboxylic acids is 1. The Hall–Kier alpha value is -3.92. The quantitative estimate of drug-likeness (QED) is 0.395. The number of nitrogens with one attached hydrogen (secondary N) is 1. The number of nitro groups is 1. The van der Waals surface area contributed by atoms with E-state index in [0.29, 0.717) is 23.0 Å². The third kappa shape index (κ3) is 5.12. The summed E-state index contributed by atoms with van der Waals surface area (Å²) in [5.74, 6) is 0.151. The number of aryl methyl sites for hydroxylation is 2. The molecule has 10 nitrogen and oxygen atoms in total. The molecule has 0 bridgehead atoms. The zero-order valence-electron chi connectivity index (χ0n) is 17.8. The van der Waals surface area contributed by atoms with Crippen molar-refractivity contribution >= 4 is 34.6 Å². The lowest BCUT2D eigenvalue weighted by Crippen LogP contribution is -2.28. The number of amides is 1. The third-order valence-corrected chi connectivity index (χ3v) is 5.21. The standard InChI is InChI=1S/C22H20ClN5O5/c1-3-27-12-19(13(2)25-27)20-11-21(33-26-20)22(29)24-15-8-16(28(30)31)10-18(9-15)32-17-6-4-14(23)5-7-17/h4-10,12,21H,3,11H2,1-2H3,(H,24,29). The summed E-state index contributed by atoms with van der Waals surface area (Å²) in [5.41, 5.74) is 2.20. The number of nitro benzene ring substituents is 1. The van der Waals surface area contributed by atoms with Gasteiger partial charge in [-0.3, -0.25) is 19.6 Å². The second-order valence-electron chi connectivity index (χ2n) is 7.34. The Morgan fingerprint density at radius 2 is 2.06 bits per heavy atom. The predicted octanol–water partition coefficient (Wildman–Crippen LogP) is 4.70. The van der Waals surface area contributed by atoms with E-state index in [2.05, 4.69) is 15.6 Å². The molecule has 170 valence electrons. The van der Waals surface area contributed by atoms with Crippen LogP contribution < -0.4 is 10.1 Å². The van der Waals surface area contributed by atoms with E-state index >= 15 is 0 Å². The zero-order chi connectivity index (χ0) is 23.5. The van der Waals surface area contributed by atoms with Crippen LogP contribution in [0, 0.1) is 17.0 Å². The topological polar surface area (TPSA) is 121 Å². The monoisotopic (exact) mass is 469 g/mol. The summed E-state index contributed by atoms with van der Waals surface area (Å²) in [5, 5.41) is 23.0. The summed E-state index contributed by atoms with van der Waals surface area (Å²) in [6.07, 6.45) is 1.24. The van der Waals surface area contributed by atoms with Crippen LogP contribution >= 0.6 is 11.6 Å².